The molecule has 3 aliphatic rings. The van der Waals surface area contributed by atoms with Crippen molar-refractivity contribution in [2.45, 2.75) is 56.8 Å². The van der Waals surface area contributed by atoms with E-state index in [2.05, 4.69) is 21.8 Å². The Hall–Kier alpha value is -1.50. The maximum Gasteiger partial charge on any atom is 0.293 e. The Kier molecular flexibility index (Phi) is 3.83. The smallest absolute Gasteiger partial charge is 0.293 e. The van der Waals surface area contributed by atoms with E-state index in [1.54, 1.807) is 11.5 Å². The molecule has 3 unspecified atom stereocenters. The molecule has 124 valence electrons. The number of hydrogen-bond acceptors (Lipinski definition) is 5. The molecular formula is C17H24N4O2. The van der Waals surface area contributed by atoms with Crippen molar-refractivity contribution in [2.24, 2.45) is 0 Å². The molecular weight excluding hydrogens is 292 g/mol. The number of fused-ring (bicyclic) bond motifs is 3. The largest absolute Gasteiger partial charge is 0.299 e. The molecule has 3 atom stereocenters. The summed E-state index contributed by atoms with van der Waals surface area (Å²) in [5, 5.41) is 8.74. The lowest BCUT2D eigenvalue weighted by Gasteiger charge is -2.44. The van der Waals surface area contributed by atoms with E-state index >= 15 is 0 Å². The van der Waals surface area contributed by atoms with Crippen LogP contribution in [0.1, 0.15) is 47.4 Å². The monoisotopic (exact) mass is 316 g/mol. The molecule has 6 nitrogen and oxygen atoms in total. The lowest BCUT2D eigenvalue weighted by Crippen LogP contribution is -2.54. The molecule has 1 aromatic heterocycles. The van der Waals surface area contributed by atoms with Crippen molar-refractivity contribution in [1.82, 2.24) is 20.3 Å². The van der Waals surface area contributed by atoms with E-state index in [0.29, 0.717) is 12.1 Å². The zero-order valence-electron chi connectivity index (χ0n) is 13.5. The third-order valence-corrected chi connectivity index (χ3v) is 6.02. The molecule has 1 aromatic rings. The molecule has 0 spiro atoms. The van der Waals surface area contributed by atoms with Crippen LogP contribution in [0, 0.1) is 0 Å². The third-order valence-electron chi connectivity index (χ3n) is 6.02. The lowest BCUT2D eigenvalue weighted by molar-refractivity contribution is 0.0491. The van der Waals surface area contributed by atoms with Gasteiger partial charge in [0.05, 0.1) is 0 Å². The van der Waals surface area contributed by atoms with Gasteiger partial charge < -0.3 is 0 Å². The van der Waals surface area contributed by atoms with E-state index in [0.717, 1.165) is 31.2 Å². The van der Waals surface area contributed by atoms with Crippen LogP contribution >= 0.6 is 0 Å². The molecule has 2 N–H and O–H groups in total. The minimum atomic E-state index is -0.541. The summed E-state index contributed by atoms with van der Waals surface area (Å²) < 4.78 is 0. The highest BCUT2D eigenvalue weighted by molar-refractivity contribution is 5.91. The highest BCUT2D eigenvalue weighted by Gasteiger charge is 2.42. The number of hydroxylamine groups is 1. The summed E-state index contributed by atoms with van der Waals surface area (Å²) in [4.78, 5) is 21.1. The number of hydrogen-bond donors (Lipinski definition) is 2. The van der Waals surface area contributed by atoms with Crippen molar-refractivity contribution in [2.75, 3.05) is 13.6 Å². The minimum Gasteiger partial charge on any atom is -0.299 e. The Morgan fingerprint density at radius 2 is 2.04 bits per heavy atom. The third kappa shape index (κ3) is 2.55. The van der Waals surface area contributed by atoms with Crippen molar-refractivity contribution in [3.8, 4) is 0 Å². The van der Waals surface area contributed by atoms with Gasteiger partial charge in [-0.2, -0.15) is 0 Å². The standard InChI is InChI=1S/C17H24N4O2/c1-20-12-3-6-15(20)16(7-4-12)21-9-8-13-11(10-21)2-5-14(18-13)17(22)19-23/h2,5,12,15-16,23H,3-4,6-10H2,1H3,(H,19,22). The van der Waals surface area contributed by atoms with E-state index < -0.39 is 5.91 Å². The van der Waals surface area contributed by atoms with Crippen LogP contribution in [0.15, 0.2) is 12.1 Å². The van der Waals surface area contributed by atoms with Gasteiger partial charge in [-0.25, -0.2) is 10.5 Å². The number of piperidine rings is 1. The number of carbonyl (C=O) groups is 1. The first-order chi connectivity index (χ1) is 11.2. The van der Waals surface area contributed by atoms with Crippen LogP contribution in [-0.2, 0) is 13.0 Å². The van der Waals surface area contributed by atoms with E-state index in [1.807, 2.05) is 6.07 Å². The number of aromatic nitrogens is 1. The number of amides is 1. The van der Waals surface area contributed by atoms with Gasteiger partial charge in [-0.3, -0.25) is 19.8 Å². The number of nitrogens with zero attached hydrogens (tertiary/aromatic N) is 3. The van der Waals surface area contributed by atoms with Gasteiger partial charge in [0.15, 0.2) is 0 Å². The number of rotatable bonds is 2. The van der Waals surface area contributed by atoms with Crippen molar-refractivity contribution in [1.29, 1.82) is 0 Å². The zero-order valence-corrected chi connectivity index (χ0v) is 13.5. The van der Waals surface area contributed by atoms with Crippen LogP contribution in [0.4, 0.5) is 0 Å². The van der Waals surface area contributed by atoms with Crippen molar-refractivity contribution < 1.29 is 10.0 Å². The Morgan fingerprint density at radius 3 is 2.83 bits per heavy atom. The van der Waals surface area contributed by atoms with Crippen LogP contribution in [0.2, 0.25) is 0 Å². The van der Waals surface area contributed by atoms with Gasteiger partial charge in [-0.05, 0) is 44.4 Å². The van der Waals surface area contributed by atoms with E-state index in [9.17, 15) is 4.79 Å². The molecule has 3 aliphatic heterocycles. The topological polar surface area (TPSA) is 68.7 Å². The van der Waals surface area contributed by atoms with Gasteiger partial charge >= 0.3 is 0 Å². The van der Waals surface area contributed by atoms with Crippen LogP contribution in [0.5, 0.6) is 0 Å². The maximum absolute atomic E-state index is 11.5. The predicted octanol–water partition coefficient (Wildman–Crippen LogP) is 1.18. The van der Waals surface area contributed by atoms with E-state index in [1.165, 1.54) is 31.2 Å². The number of pyridine rings is 1. The molecule has 23 heavy (non-hydrogen) atoms. The van der Waals surface area contributed by atoms with E-state index in [-0.39, 0.29) is 5.69 Å². The Balaban J connectivity index is 1.52. The molecule has 0 aromatic carbocycles. The van der Waals surface area contributed by atoms with Gasteiger partial charge in [-0.1, -0.05) is 6.07 Å². The lowest BCUT2D eigenvalue weighted by atomic mass is 9.93. The van der Waals surface area contributed by atoms with Crippen LogP contribution in [0.3, 0.4) is 0 Å². The molecule has 0 radical (unpaired) electrons. The summed E-state index contributed by atoms with van der Waals surface area (Å²) in [5.74, 6) is -0.541. The summed E-state index contributed by atoms with van der Waals surface area (Å²) >= 11 is 0. The van der Waals surface area contributed by atoms with Crippen LogP contribution < -0.4 is 5.48 Å². The quantitative estimate of drug-likeness (QED) is 0.633. The fourth-order valence-corrected chi connectivity index (χ4v) is 4.74. The van der Waals surface area contributed by atoms with Gasteiger partial charge in [0.1, 0.15) is 5.69 Å². The number of nitrogens with one attached hydrogen (secondary N) is 1. The first-order valence-electron chi connectivity index (χ1n) is 8.56. The van der Waals surface area contributed by atoms with Crippen LogP contribution in [0.25, 0.3) is 0 Å². The second-order valence-electron chi connectivity index (χ2n) is 7.07. The highest BCUT2D eigenvalue weighted by atomic mass is 16.5. The normalized spacial score (nSPS) is 31.0. The highest BCUT2D eigenvalue weighted by Crippen LogP contribution is 2.37. The molecule has 6 heteroatoms. The van der Waals surface area contributed by atoms with Crippen molar-refractivity contribution >= 4 is 5.91 Å². The minimum absolute atomic E-state index is 0.288. The molecule has 0 aliphatic carbocycles. The molecule has 1 amide bonds. The molecule has 2 fully saturated rings. The van der Waals surface area contributed by atoms with E-state index in [4.69, 9.17) is 5.21 Å². The van der Waals surface area contributed by atoms with Gasteiger partial charge in [0, 0.05) is 43.3 Å². The molecule has 2 saturated heterocycles. The second-order valence-corrected chi connectivity index (χ2v) is 7.07. The fourth-order valence-electron chi connectivity index (χ4n) is 4.74. The average molecular weight is 316 g/mol. The van der Waals surface area contributed by atoms with Crippen LogP contribution in [-0.4, -0.2) is 57.6 Å². The first-order valence-corrected chi connectivity index (χ1v) is 8.56. The van der Waals surface area contributed by atoms with Gasteiger partial charge in [0.2, 0.25) is 0 Å². The van der Waals surface area contributed by atoms with Gasteiger partial charge in [-0.15, -0.1) is 0 Å². The second kappa shape index (κ2) is 5.85. The molecule has 2 bridgehead atoms. The predicted molar refractivity (Wildman–Crippen MR) is 85.2 cm³/mol. The summed E-state index contributed by atoms with van der Waals surface area (Å²) in [7, 11) is 2.29. The van der Waals surface area contributed by atoms with Crippen molar-refractivity contribution in [3.05, 3.63) is 29.1 Å². The SMILES string of the molecule is CN1C2CCC(N3CCc4nc(C(=O)NO)ccc4C3)C1CC2. The Labute approximate surface area is 136 Å². The first kappa shape index (κ1) is 15.1. The molecule has 0 saturated carbocycles. The van der Waals surface area contributed by atoms with Gasteiger partial charge in [0.25, 0.3) is 5.91 Å². The number of likely N-dealkylation sites (N-methyl/N-ethyl adjacent to an activating group) is 1. The summed E-state index contributed by atoms with van der Waals surface area (Å²) in [6.07, 6.45) is 6.16. The Morgan fingerprint density at radius 1 is 1.26 bits per heavy atom. The zero-order chi connectivity index (χ0) is 16.0. The molecule has 4 heterocycles. The number of carbonyl (C=O) groups excluding carboxylic acids is 1. The summed E-state index contributed by atoms with van der Waals surface area (Å²) in [6.45, 7) is 1.92. The summed E-state index contributed by atoms with van der Waals surface area (Å²) in [5.41, 5.74) is 4.15. The average Bonchev–Trinajstić information content (AvgIpc) is 2.82. The maximum atomic E-state index is 11.5. The van der Waals surface area contributed by atoms with Crippen molar-refractivity contribution in [3.63, 3.8) is 0 Å². The Bertz CT molecular complexity index is 621. The fraction of sp³-hybridized carbons (Fsp3) is 0.647. The molecule has 4 rings (SSSR count). The summed E-state index contributed by atoms with van der Waals surface area (Å²) in [6, 6.07) is 5.83.